The molecule has 1 aliphatic carbocycles. The molecule has 86 valence electrons. The molecule has 1 unspecified atom stereocenters. The highest BCUT2D eigenvalue weighted by Crippen LogP contribution is 2.33. The number of carbonyl (C=O) groups excluding carboxylic acids is 1. The lowest BCUT2D eigenvalue weighted by atomic mass is 10.0. The van der Waals surface area contributed by atoms with Gasteiger partial charge < -0.3 is 10.6 Å². The second-order valence-electron chi connectivity index (χ2n) is 4.88. The predicted octanol–water partition coefficient (Wildman–Crippen LogP) is 1.43. The van der Waals surface area contributed by atoms with Crippen molar-refractivity contribution in [2.45, 2.75) is 51.0 Å². The topological polar surface area (TPSA) is 41.1 Å². The van der Waals surface area contributed by atoms with Crippen LogP contribution < -0.4 is 10.6 Å². The van der Waals surface area contributed by atoms with Crippen LogP contribution in [0.1, 0.15) is 44.9 Å². The Hall–Kier alpha value is -0.570. The fraction of sp³-hybridized carbons (Fsp3) is 0.917. The zero-order valence-corrected chi connectivity index (χ0v) is 9.43. The first-order valence-corrected chi connectivity index (χ1v) is 6.37. The Morgan fingerprint density at radius 1 is 1.27 bits per heavy atom. The van der Waals surface area contributed by atoms with Crippen molar-refractivity contribution < 1.29 is 4.79 Å². The van der Waals surface area contributed by atoms with E-state index in [1.54, 1.807) is 0 Å². The van der Waals surface area contributed by atoms with Gasteiger partial charge in [-0.15, -0.1) is 0 Å². The van der Waals surface area contributed by atoms with E-state index >= 15 is 0 Å². The molecule has 3 nitrogen and oxygen atoms in total. The standard InChI is InChI=1S/C12H22N2O/c15-12(11-5-1-2-8-13-11)14-9-3-4-10-6-7-10/h10-11,13H,1-9H2,(H,14,15). The van der Waals surface area contributed by atoms with Crippen LogP contribution in [0.2, 0.25) is 0 Å². The number of nitrogens with one attached hydrogen (secondary N) is 2. The summed E-state index contributed by atoms with van der Waals surface area (Å²) in [4.78, 5) is 11.7. The van der Waals surface area contributed by atoms with Gasteiger partial charge in [-0.2, -0.15) is 0 Å². The Balaban J connectivity index is 1.54. The SMILES string of the molecule is O=C(NCCCC1CC1)C1CCCCN1. The smallest absolute Gasteiger partial charge is 0.237 e. The van der Waals surface area contributed by atoms with Gasteiger partial charge in [0.05, 0.1) is 6.04 Å². The Kier molecular flexibility index (Phi) is 4.01. The van der Waals surface area contributed by atoms with Crippen molar-refractivity contribution in [1.29, 1.82) is 0 Å². The van der Waals surface area contributed by atoms with Crippen molar-refractivity contribution in [2.24, 2.45) is 5.92 Å². The van der Waals surface area contributed by atoms with Crippen LogP contribution in [0.3, 0.4) is 0 Å². The highest BCUT2D eigenvalue weighted by molar-refractivity contribution is 5.81. The number of hydrogen-bond donors (Lipinski definition) is 2. The van der Waals surface area contributed by atoms with Gasteiger partial charge in [0.15, 0.2) is 0 Å². The molecule has 0 spiro atoms. The summed E-state index contributed by atoms with van der Waals surface area (Å²) in [5.41, 5.74) is 0. The van der Waals surface area contributed by atoms with E-state index in [0.29, 0.717) is 0 Å². The Bertz CT molecular complexity index is 208. The average Bonchev–Trinajstić information content (AvgIpc) is 3.09. The van der Waals surface area contributed by atoms with E-state index in [2.05, 4.69) is 10.6 Å². The van der Waals surface area contributed by atoms with E-state index in [4.69, 9.17) is 0 Å². The monoisotopic (exact) mass is 210 g/mol. The molecule has 3 heteroatoms. The van der Waals surface area contributed by atoms with Crippen molar-refractivity contribution in [3.05, 3.63) is 0 Å². The number of amides is 1. The summed E-state index contributed by atoms with van der Waals surface area (Å²) in [6.45, 7) is 1.87. The van der Waals surface area contributed by atoms with Gasteiger partial charge >= 0.3 is 0 Å². The summed E-state index contributed by atoms with van der Waals surface area (Å²) >= 11 is 0. The first-order chi connectivity index (χ1) is 7.36. The lowest BCUT2D eigenvalue weighted by Gasteiger charge is -2.22. The van der Waals surface area contributed by atoms with Crippen molar-refractivity contribution in [3.8, 4) is 0 Å². The summed E-state index contributed by atoms with van der Waals surface area (Å²) in [6, 6.07) is 0.0830. The lowest BCUT2D eigenvalue weighted by molar-refractivity contribution is -0.123. The van der Waals surface area contributed by atoms with Gasteiger partial charge in [-0.3, -0.25) is 4.79 Å². The van der Waals surface area contributed by atoms with E-state index in [1.165, 1.54) is 32.1 Å². The molecule has 0 radical (unpaired) electrons. The van der Waals surface area contributed by atoms with E-state index in [0.717, 1.165) is 31.8 Å². The summed E-state index contributed by atoms with van der Waals surface area (Å²) in [5.74, 6) is 1.19. The molecule has 0 aromatic heterocycles. The van der Waals surface area contributed by atoms with Gasteiger partial charge in [-0.25, -0.2) is 0 Å². The van der Waals surface area contributed by atoms with Crippen LogP contribution in [0.15, 0.2) is 0 Å². The third-order valence-electron chi connectivity index (χ3n) is 3.41. The maximum Gasteiger partial charge on any atom is 0.237 e. The summed E-state index contributed by atoms with van der Waals surface area (Å²) in [6.07, 6.45) is 8.70. The molecule has 2 aliphatic rings. The number of carbonyl (C=O) groups is 1. The van der Waals surface area contributed by atoms with E-state index in [1.807, 2.05) is 0 Å². The third-order valence-corrected chi connectivity index (χ3v) is 3.41. The van der Waals surface area contributed by atoms with E-state index in [-0.39, 0.29) is 11.9 Å². The molecule has 2 fully saturated rings. The molecule has 2 rings (SSSR count). The normalized spacial score (nSPS) is 26.3. The zero-order chi connectivity index (χ0) is 10.5. The molecule has 1 aliphatic heterocycles. The predicted molar refractivity (Wildman–Crippen MR) is 60.6 cm³/mol. The molecule has 1 saturated heterocycles. The first-order valence-electron chi connectivity index (χ1n) is 6.37. The maximum atomic E-state index is 11.7. The highest BCUT2D eigenvalue weighted by Gasteiger charge is 2.21. The van der Waals surface area contributed by atoms with Crippen LogP contribution in [0.5, 0.6) is 0 Å². The molecule has 0 aromatic rings. The van der Waals surface area contributed by atoms with Crippen LogP contribution in [-0.4, -0.2) is 25.0 Å². The molecule has 0 bridgehead atoms. The van der Waals surface area contributed by atoms with Crippen molar-refractivity contribution in [1.82, 2.24) is 10.6 Å². The van der Waals surface area contributed by atoms with E-state index < -0.39 is 0 Å². The third kappa shape index (κ3) is 3.82. The molecular weight excluding hydrogens is 188 g/mol. The van der Waals surface area contributed by atoms with Gasteiger partial charge in [0.25, 0.3) is 0 Å². The van der Waals surface area contributed by atoms with Crippen LogP contribution in [0.4, 0.5) is 0 Å². The average molecular weight is 210 g/mol. The van der Waals surface area contributed by atoms with Crippen LogP contribution >= 0.6 is 0 Å². The highest BCUT2D eigenvalue weighted by atomic mass is 16.2. The minimum atomic E-state index is 0.0830. The molecule has 0 aromatic carbocycles. The van der Waals surface area contributed by atoms with Gasteiger partial charge in [-0.1, -0.05) is 19.3 Å². The zero-order valence-electron chi connectivity index (χ0n) is 9.43. The van der Waals surface area contributed by atoms with Crippen molar-refractivity contribution in [2.75, 3.05) is 13.1 Å². The second-order valence-corrected chi connectivity index (χ2v) is 4.88. The number of hydrogen-bond acceptors (Lipinski definition) is 2. The number of piperidine rings is 1. The Labute approximate surface area is 92.0 Å². The Morgan fingerprint density at radius 2 is 2.13 bits per heavy atom. The Morgan fingerprint density at radius 3 is 2.80 bits per heavy atom. The van der Waals surface area contributed by atoms with Gasteiger partial charge in [0.1, 0.15) is 0 Å². The quantitative estimate of drug-likeness (QED) is 0.674. The van der Waals surface area contributed by atoms with E-state index in [9.17, 15) is 4.79 Å². The molecule has 1 heterocycles. The molecule has 15 heavy (non-hydrogen) atoms. The van der Waals surface area contributed by atoms with Crippen LogP contribution in [0.25, 0.3) is 0 Å². The van der Waals surface area contributed by atoms with Crippen molar-refractivity contribution >= 4 is 5.91 Å². The first kappa shape index (κ1) is 10.9. The van der Waals surface area contributed by atoms with Gasteiger partial charge in [-0.05, 0) is 38.1 Å². The minimum Gasteiger partial charge on any atom is -0.355 e. The van der Waals surface area contributed by atoms with Crippen molar-refractivity contribution in [3.63, 3.8) is 0 Å². The largest absolute Gasteiger partial charge is 0.355 e. The summed E-state index contributed by atoms with van der Waals surface area (Å²) in [7, 11) is 0. The molecule has 1 atom stereocenters. The molecule has 1 saturated carbocycles. The van der Waals surface area contributed by atoms with Crippen LogP contribution in [0, 0.1) is 5.92 Å². The lowest BCUT2D eigenvalue weighted by Crippen LogP contribution is -2.46. The molecule has 1 amide bonds. The molecule has 2 N–H and O–H groups in total. The minimum absolute atomic E-state index is 0.0830. The summed E-state index contributed by atoms with van der Waals surface area (Å²) < 4.78 is 0. The maximum absolute atomic E-state index is 11.7. The van der Waals surface area contributed by atoms with Gasteiger partial charge in [0, 0.05) is 6.54 Å². The molecular formula is C12H22N2O. The fourth-order valence-corrected chi connectivity index (χ4v) is 2.21. The number of rotatable bonds is 5. The fourth-order valence-electron chi connectivity index (χ4n) is 2.21. The summed E-state index contributed by atoms with van der Waals surface area (Å²) in [5, 5.41) is 6.30. The van der Waals surface area contributed by atoms with Crippen LogP contribution in [-0.2, 0) is 4.79 Å². The second kappa shape index (κ2) is 5.50. The van der Waals surface area contributed by atoms with Gasteiger partial charge in [0.2, 0.25) is 5.91 Å².